The van der Waals surface area contributed by atoms with Crippen LogP contribution in [-0.2, 0) is 4.79 Å². The molecule has 1 aliphatic heterocycles. The minimum absolute atomic E-state index is 0.0615. The Morgan fingerprint density at radius 1 is 1.53 bits per heavy atom. The highest BCUT2D eigenvalue weighted by Gasteiger charge is 2.50. The van der Waals surface area contributed by atoms with E-state index in [0.717, 1.165) is 32.5 Å². The van der Waals surface area contributed by atoms with Crippen LogP contribution in [0.2, 0.25) is 0 Å². The van der Waals surface area contributed by atoms with Crippen molar-refractivity contribution in [1.82, 2.24) is 15.1 Å². The van der Waals surface area contributed by atoms with Crippen LogP contribution in [0.15, 0.2) is 0 Å². The zero-order valence-electron chi connectivity index (χ0n) is 11.3. The molecule has 1 saturated carbocycles. The number of hydrogen-bond donors (Lipinski definition) is 1. The molecule has 1 amide bonds. The molecule has 4 nitrogen and oxygen atoms in total. The fraction of sp³-hybridized carbons (Fsp3) is 0.923. The van der Waals surface area contributed by atoms with Gasteiger partial charge in [-0.2, -0.15) is 0 Å². The van der Waals surface area contributed by atoms with Crippen LogP contribution in [0.25, 0.3) is 0 Å². The fourth-order valence-electron chi connectivity index (χ4n) is 3.01. The first-order chi connectivity index (χ1) is 8.07. The van der Waals surface area contributed by atoms with Gasteiger partial charge in [0.05, 0.1) is 5.41 Å². The normalized spacial score (nSPS) is 27.1. The van der Waals surface area contributed by atoms with Crippen LogP contribution in [0.4, 0.5) is 0 Å². The third-order valence-electron chi connectivity index (χ3n) is 4.19. The highest BCUT2D eigenvalue weighted by molar-refractivity contribution is 5.85. The van der Waals surface area contributed by atoms with E-state index in [9.17, 15) is 4.79 Å². The summed E-state index contributed by atoms with van der Waals surface area (Å²) in [4.78, 5) is 16.7. The molecule has 4 heteroatoms. The molecule has 0 radical (unpaired) electrons. The summed E-state index contributed by atoms with van der Waals surface area (Å²) in [5, 5.41) is 3.15. The van der Waals surface area contributed by atoms with Gasteiger partial charge in [-0.1, -0.05) is 0 Å². The molecule has 0 aromatic carbocycles. The van der Waals surface area contributed by atoms with Crippen LogP contribution in [0.5, 0.6) is 0 Å². The lowest BCUT2D eigenvalue weighted by Gasteiger charge is -2.26. The van der Waals surface area contributed by atoms with Gasteiger partial charge in [0.2, 0.25) is 5.91 Å². The second-order valence-electron chi connectivity index (χ2n) is 5.91. The molecule has 0 aromatic heterocycles. The minimum atomic E-state index is -0.0615. The predicted molar refractivity (Wildman–Crippen MR) is 68.8 cm³/mol. The zero-order valence-corrected chi connectivity index (χ0v) is 11.3. The third kappa shape index (κ3) is 2.80. The quantitative estimate of drug-likeness (QED) is 0.754. The Morgan fingerprint density at radius 2 is 2.24 bits per heavy atom. The van der Waals surface area contributed by atoms with Crippen molar-refractivity contribution >= 4 is 5.91 Å². The lowest BCUT2D eigenvalue weighted by molar-refractivity contribution is -0.136. The first-order valence-electron chi connectivity index (χ1n) is 6.66. The van der Waals surface area contributed by atoms with E-state index in [4.69, 9.17) is 0 Å². The first kappa shape index (κ1) is 12.8. The maximum absolute atomic E-state index is 12.4. The number of hydrogen-bond acceptors (Lipinski definition) is 3. The first-order valence-corrected chi connectivity index (χ1v) is 6.66. The SMILES string of the molecule is CNCC1(C(=O)N(C)CC2CCN(C)C2)CC1. The summed E-state index contributed by atoms with van der Waals surface area (Å²) in [6.45, 7) is 4.07. The van der Waals surface area contributed by atoms with Crippen molar-refractivity contribution < 1.29 is 4.79 Å². The molecule has 1 unspecified atom stereocenters. The molecule has 1 N–H and O–H groups in total. The van der Waals surface area contributed by atoms with Crippen LogP contribution in [-0.4, -0.2) is 63.0 Å². The molecule has 2 aliphatic rings. The number of amides is 1. The fourth-order valence-corrected chi connectivity index (χ4v) is 3.01. The molecule has 1 aliphatic carbocycles. The van der Waals surface area contributed by atoms with Gasteiger partial charge in [-0.05, 0) is 45.8 Å². The number of nitrogens with zero attached hydrogens (tertiary/aromatic N) is 2. The minimum Gasteiger partial charge on any atom is -0.345 e. The van der Waals surface area contributed by atoms with Gasteiger partial charge in [0.25, 0.3) is 0 Å². The summed E-state index contributed by atoms with van der Waals surface area (Å²) in [6.07, 6.45) is 3.34. The van der Waals surface area contributed by atoms with Crippen LogP contribution >= 0.6 is 0 Å². The molecule has 17 heavy (non-hydrogen) atoms. The second kappa shape index (κ2) is 4.94. The van der Waals surface area contributed by atoms with Crippen molar-refractivity contribution in [1.29, 1.82) is 0 Å². The molecule has 2 fully saturated rings. The maximum Gasteiger partial charge on any atom is 0.229 e. The van der Waals surface area contributed by atoms with Gasteiger partial charge in [0.1, 0.15) is 0 Å². The van der Waals surface area contributed by atoms with Crippen molar-refractivity contribution in [2.75, 3.05) is 47.3 Å². The lowest BCUT2D eigenvalue weighted by Crippen LogP contribution is -2.41. The van der Waals surface area contributed by atoms with Crippen LogP contribution in [0, 0.1) is 11.3 Å². The molecule has 2 rings (SSSR count). The Kier molecular flexibility index (Phi) is 3.73. The Labute approximate surface area is 104 Å². The molecule has 1 heterocycles. The Bertz CT molecular complexity index is 288. The molecular weight excluding hydrogens is 214 g/mol. The van der Waals surface area contributed by atoms with Gasteiger partial charge in [-0.25, -0.2) is 0 Å². The van der Waals surface area contributed by atoms with E-state index in [1.165, 1.54) is 13.0 Å². The Morgan fingerprint density at radius 3 is 2.71 bits per heavy atom. The van der Waals surface area contributed by atoms with E-state index >= 15 is 0 Å². The zero-order chi connectivity index (χ0) is 12.5. The summed E-state index contributed by atoms with van der Waals surface area (Å²) >= 11 is 0. The summed E-state index contributed by atoms with van der Waals surface area (Å²) in [5.41, 5.74) is -0.0615. The number of carbonyl (C=O) groups excluding carboxylic acids is 1. The van der Waals surface area contributed by atoms with E-state index < -0.39 is 0 Å². The van der Waals surface area contributed by atoms with E-state index in [0.29, 0.717) is 11.8 Å². The topological polar surface area (TPSA) is 35.6 Å². The highest BCUT2D eigenvalue weighted by atomic mass is 16.2. The van der Waals surface area contributed by atoms with Crippen molar-refractivity contribution in [3.8, 4) is 0 Å². The maximum atomic E-state index is 12.4. The van der Waals surface area contributed by atoms with Gasteiger partial charge < -0.3 is 15.1 Å². The van der Waals surface area contributed by atoms with Crippen LogP contribution in [0.3, 0.4) is 0 Å². The molecule has 0 aromatic rings. The van der Waals surface area contributed by atoms with Gasteiger partial charge in [0, 0.05) is 26.7 Å². The molecule has 1 atom stereocenters. The van der Waals surface area contributed by atoms with E-state index in [-0.39, 0.29) is 5.41 Å². The number of likely N-dealkylation sites (tertiary alicyclic amines) is 1. The van der Waals surface area contributed by atoms with Gasteiger partial charge in [0.15, 0.2) is 0 Å². The highest BCUT2D eigenvalue weighted by Crippen LogP contribution is 2.46. The summed E-state index contributed by atoms with van der Waals surface area (Å²) in [6, 6.07) is 0. The number of nitrogens with one attached hydrogen (secondary N) is 1. The van der Waals surface area contributed by atoms with Crippen LogP contribution < -0.4 is 5.32 Å². The smallest absolute Gasteiger partial charge is 0.229 e. The van der Waals surface area contributed by atoms with Crippen molar-refractivity contribution in [2.24, 2.45) is 11.3 Å². The Hall–Kier alpha value is -0.610. The largest absolute Gasteiger partial charge is 0.345 e. The van der Waals surface area contributed by atoms with Gasteiger partial charge in [-0.15, -0.1) is 0 Å². The Balaban J connectivity index is 1.83. The molecule has 1 saturated heterocycles. The van der Waals surface area contributed by atoms with Crippen molar-refractivity contribution in [3.63, 3.8) is 0 Å². The summed E-state index contributed by atoms with van der Waals surface area (Å²) in [7, 11) is 6.06. The van der Waals surface area contributed by atoms with Gasteiger partial charge >= 0.3 is 0 Å². The number of rotatable bonds is 5. The van der Waals surface area contributed by atoms with E-state index in [1.807, 2.05) is 19.0 Å². The monoisotopic (exact) mass is 239 g/mol. The third-order valence-corrected chi connectivity index (χ3v) is 4.19. The van der Waals surface area contributed by atoms with Crippen molar-refractivity contribution in [3.05, 3.63) is 0 Å². The van der Waals surface area contributed by atoms with E-state index in [1.54, 1.807) is 0 Å². The molecular formula is C13H25N3O. The van der Waals surface area contributed by atoms with Crippen molar-refractivity contribution in [2.45, 2.75) is 19.3 Å². The van der Waals surface area contributed by atoms with E-state index in [2.05, 4.69) is 17.3 Å². The summed E-state index contributed by atoms with van der Waals surface area (Å²) in [5.74, 6) is 1.01. The second-order valence-corrected chi connectivity index (χ2v) is 5.91. The van der Waals surface area contributed by atoms with Gasteiger partial charge in [-0.3, -0.25) is 4.79 Å². The standard InChI is InChI=1S/C13H25N3O/c1-14-10-13(5-6-13)12(17)16(3)9-11-4-7-15(2)8-11/h11,14H,4-10H2,1-3H3. The molecule has 98 valence electrons. The molecule has 0 spiro atoms. The number of carbonyl (C=O) groups is 1. The predicted octanol–water partition coefficient (Wildman–Crippen LogP) is 0.396. The average Bonchev–Trinajstić information content (AvgIpc) is 2.96. The lowest BCUT2D eigenvalue weighted by atomic mass is 10.0. The average molecular weight is 239 g/mol. The van der Waals surface area contributed by atoms with Crippen LogP contribution in [0.1, 0.15) is 19.3 Å². The molecule has 0 bridgehead atoms. The summed E-state index contributed by atoms with van der Waals surface area (Å²) < 4.78 is 0.